The van der Waals surface area contributed by atoms with E-state index in [1.807, 2.05) is 42.5 Å². The van der Waals surface area contributed by atoms with E-state index in [0.717, 1.165) is 5.56 Å². The van der Waals surface area contributed by atoms with E-state index in [1.54, 1.807) is 12.1 Å². The quantitative estimate of drug-likeness (QED) is 0.469. The van der Waals surface area contributed by atoms with Gasteiger partial charge in [-0.1, -0.05) is 42.2 Å². The van der Waals surface area contributed by atoms with Crippen LogP contribution in [0.15, 0.2) is 54.6 Å². The summed E-state index contributed by atoms with van der Waals surface area (Å²) in [5.74, 6) is 6.54. The second kappa shape index (κ2) is 6.78. The van der Waals surface area contributed by atoms with E-state index in [9.17, 15) is 4.79 Å². The number of halogens is 1. The average Bonchev–Trinajstić information content (AvgIpc) is 2.48. The molecule has 0 aliphatic carbocycles. The van der Waals surface area contributed by atoms with Crippen molar-refractivity contribution in [2.75, 3.05) is 5.88 Å². The molecule has 0 N–H and O–H groups in total. The molecule has 0 aromatic heterocycles. The number of carbonyl (C=O) groups excluding carboxylic acids is 1. The second-order valence-corrected chi connectivity index (χ2v) is 4.39. The lowest BCUT2D eigenvalue weighted by molar-refractivity contribution is 0.103. The maximum absolute atomic E-state index is 12.2. The fraction of sp³-hybridized carbons (Fsp3) is 0.118. The van der Waals surface area contributed by atoms with Gasteiger partial charge in [0.05, 0.1) is 0 Å². The summed E-state index contributed by atoms with van der Waals surface area (Å²) in [5, 5.41) is 0. The Morgan fingerprint density at radius 2 is 1.58 bits per heavy atom. The van der Waals surface area contributed by atoms with Crippen LogP contribution in [0, 0.1) is 11.8 Å². The molecule has 0 spiro atoms. The smallest absolute Gasteiger partial charge is 0.193 e. The summed E-state index contributed by atoms with van der Waals surface area (Å²) < 4.78 is 0. The Morgan fingerprint density at radius 1 is 0.947 bits per heavy atom. The van der Waals surface area contributed by atoms with Gasteiger partial charge in [-0.2, -0.15) is 0 Å². The van der Waals surface area contributed by atoms with Crippen molar-refractivity contribution >= 4 is 17.4 Å². The molecule has 0 aliphatic rings. The van der Waals surface area contributed by atoms with Crippen molar-refractivity contribution < 1.29 is 4.79 Å². The lowest BCUT2D eigenvalue weighted by Crippen LogP contribution is -2.00. The zero-order chi connectivity index (χ0) is 13.5. The Balaban J connectivity index is 2.15. The molecule has 2 aromatic rings. The predicted molar refractivity (Wildman–Crippen MR) is 78.5 cm³/mol. The maximum Gasteiger partial charge on any atom is 0.193 e. The lowest BCUT2D eigenvalue weighted by atomic mass is 10.0. The van der Waals surface area contributed by atoms with Gasteiger partial charge in [0, 0.05) is 29.0 Å². The first kappa shape index (κ1) is 13.4. The number of benzene rings is 2. The first-order valence-electron chi connectivity index (χ1n) is 6.06. The van der Waals surface area contributed by atoms with Crippen LogP contribution < -0.4 is 0 Å². The van der Waals surface area contributed by atoms with Gasteiger partial charge in [0.1, 0.15) is 0 Å². The Labute approximate surface area is 118 Å². The minimum absolute atomic E-state index is 0.0286. The van der Waals surface area contributed by atoms with Gasteiger partial charge in [-0.15, -0.1) is 11.6 Å². The molecular formula is C17H13ClO. The molecule has 0 amide bonds. The van der Waals surface area contributed by atoms with Crippen LogP contribution in [0.5, 0.6) is 0 Å². The van der Waals surface area contributed by atoms with Gasteiger partial charge in [-0.05, 0) is 24.3 Å². The van der Waals surface area contributed by atoms with Gasteiger partial charge < -0.3 is 0 Å². The van der Waals surface area contributed by atoms with Crippen molar-refractivity contribution in [3.05, 3.63) is 71.3 Å². The first-order valence-corrected chi connectivity index (χ1v) is 6.59. The van der Waals surface area contributed by atoms with Crippen molar-refractivity contribution in [3.8, 4) is 11.8 Å². The molecule has 0 aliphatic heterocycles. The van der Waals surface area contributed by atoms with Crippen LogP contribution in [-0.4, -0.2) is 11.7 Å². The Bertz CT molecular complexity index is 603. The summed E-state index contributed by atoms with van der Waals surface area (Å²) >= 11 is 5.56. The molecule has 2 rings (SSSR count). The van der Waals surface area contributed by atoms with Gasteiger partial charge in [0.2, 0.25) is 0 Å². The molecule has 0 fully saturated rings. The summed E-state index contributed by atoms with van der Waals surface area (Å²) in [5.41, 5.74) is 2.27. The third-order valence-corrected chi connectivity index (χ3v) is 2.82. The number of hydrogen-bond acceptors (Lipinski definition) is 1. The molecule has 94 valence electrons. The predicted octanol–water partition coefficient (Wildman–Crippen LogP) is 3.90. The Hall–Kier alpha value is -2.04. The van der Waals surface area contributed by atoms with E-state index < -0.39 is 0 Å². The van der Waals surface area contributed by atoms with Crippen LogP contribution in [0.2, 0.25) is 0 Å². The van der Waals surface area contributed by atoms with Crippen LogP contribution in [-0.2, 0) is 0 Å². The van der Waals surface area contributed by atoms with Gasteiger partial charge in [0.15, 0.2) is 5.78 Å². The summed E-state index contributed by atoms with van der Waals surface area (Å²) in [7, 11) is 0. The zero-order valence-corrected chi connectivity index (χ0v) is 11.2. The molecule has 0 unspecified atom stereocenters. The molecular weight excluding hydrogens is 256 g/mol. The first-order chi connectivity index (χ1) is 9.31. The molecule has 0 atom stereocenters. The molecule has 19 heavy (non-hydrogen) atoms. The fourth-order valence-corrected chi connectivity index (χ4v) is 1.77. The second-order valence-electron chi connectivity index (χ2n) is 4.01. The number of rotatable bonds is 3. The fourth-order valence-electron chi connectivity index (χ4n) is 1.67. The lowest BCUT2D eigenvalue weighted by Gasteiger charge is -2.00. The SMILES string of the molecule is O=C(c1ccccc1)c1ccc(C#CCCCl)cc1. The monoisotopic (exact) mass is 268 g/mol. The van der Waals surface area contributed by atoms with Crippen molar-refractivity contribution in [1.82, 2.24) is 0 Å². The molecule has 1 nitrogen and oxygen atoms in total. The van der Waals surface area contributed by atoms with Gasteiger partial charge >= 0.3 is 0 Å². The highest BCUT2D eigenvalue weighted by Crippen LogP contribution is 2.10. The summed E-state index contributed by atoms with van der Waals surface area (Å²) in [6.45, 7) is 0. The van der Waals surface area contributed by atoms with Gasteiger partial charge in [-0.3, -0.25) is 4.79 Å². The van der Waals surface area contributed by atoms with E-state index in [1.165, 1.54) is 0 Å². The van der Waals surface area contributed by atoms with E-state index in [2.05, 4.69) is 11.8 Å². The van der Waals surface area contributed by atoms with Crippen molar-refractivity contribution in [2.24, 2.45) is 0 Å². The minimum Gasteiger partial charge on any atom is -0.289 e. The van der Waals surface area contributed by atoms with Crippen molar-refractivity contribution in [3.63, 3.8) is 0 Å². The van der Waals surface area contributed by atoms with E-state index in [4.69, 9.17) is 11.6 Å². The number of alkyl halides is 1. The van der Waals surface area contributed by atoms with Crippen molar-refractivity contribution in [2.45, 2.75) is 6.42 Å². The van der Waals surface area contributed by atoms with Crippen LogP contribution in [0.1, 0.15) is 27.9 Å². The summed E-state index contributed by atoms with van der Waals surface area (Å²) in [6, 6.07) is 16.6. The molecule has 0 saturated carbocycles. The Kier molecular flexibility index (Phi) is 4.78. The van der Waals surface area contributed by atoms with Gasteiger partial charge in [0.25, 0.3) is 0 Å². The summed E-state index contributed by atoms with van der Waals surface area (Å²) in [4.78, 5) is 12.2. The van der Waals surface area contributed by atoms with Crippen LogP contribution in [0.4, 0.5) is 0 Å². The van der Waals surface area contributed by atoms with Crippen LogP contribution >= 0.6 is 11.6 Å². The maximum atomic E-state index is 12.2. The highest BCUT2D eigenvalue weighted by Gasteiger charge is 2.07. The largest absolute Gasteiger partial charge is 0.289 e. The standard InChI is InChI=1S/C17H13ClO/c18-13-5-4-6-14-9-11-16(12-10-14)17(19)15-7-2-1-3-8-15/h1-3,7-12H,5,13H2. The minimum atomic E-state index is 0.0286. The van der Waals surface area contributed by atoms with Crippen LogP contribution in [0.25, 0.3) is 0 Å². The molecule has 2 aromatic carbocycles. The third-order valence-electron chi connectivity index (χ3n) is 2.64. The molecule has 0 bridgehead atoms. The van der Waals surface area contributed by atoms with E-state index in [0.29, 0.717) is 23.4 Å². The highest BCUT2D eigenvalue weighted by molar-refractivity contribution is 6.18. The van der Waals surface area contributed by atoms with E-state index >= 15 is 0 Å². The third kappa shape index (κ3) is 3.71. The van der Waals surface area contributed by atoms with Crippen molar-refractivity contribution in [1.29, 1.82) is 0 Å². The summed E-state index contributed by atoms with van der Waals surface area (Å²) in [6.07, 6.45) is 0.673. The molecule has 0 saturated heterocycles. The molecule has 0 radical (unpaired) electrons. The molecule has 0 heterocycles. The normalized spacial score (nSPS) is 9.53. The average molecular weight is 269 g/mol. The Morgan fingerprint density at radius 3 is 2.21 bits per heavy atom. The number of carbonyl (C=O) groups is 1. The number of hydrogen-bond donors (Lipinski definition) is 0. The highest BCUT2D eigenvalue weighted by atomic mass is 35.5. The molecule has 2 heteroatoms. The van der Waals surface area contributed by atoms with Gasteiger partial charge in [-0.25, -0.2) is 0 Å². The van der Waals surface area contributed by atoms with Crippen LogP contribution in [0.3, 0.4) is 0 Å². The topological polar surface area (TPSA) is 17.1 Å². The zero-order valence-electron chi connectivity index (χ0n) is 10.4. The van der Waals surface area contributed by atoms with E-state index in [-0.39, 0.29) is 5.78 Å². The number of ketones is 1.